The molecule has 3 rings (SSSR count). The van der Waals surface area contributed by atoms with Gasteiger partial charge >= 0.3 is 6.09 Å². The number of nitrogens with one attached hydrogen (secondary N) is 2. The molecule has 0 saturated heterocycles. The minimum atomic E-state index is -0.594. The number of ether oxygens (including phenoxy) is 3. The average molecular weight is 434 g/mol. The number of benzene rings is 3. The van der Waals surface area contributed by atoms with Crippen LogP contribution in [0.15, 0.2) is 78.9 Å². The second kappa shape index (κ2) is 12.1. The van der Waals surface area contributed by atoms with Crippen molar-refractivity contribution in [2.75, 3.05) is 37.6 Å². The molecule has 0 heterocycles. The molecule has 0 spiro atoms. The van der Waals surface area contributed by atoms with Crippen LogP contribution in [-0.4, -0.2) is 38.9 Å². The molecule has 7 heteroatoms. The fourth-order valence-corrected chi connectivity index (χ4v) is 2.99. The highest BCUT2D eigenvalue weighted by Gasteiger charge is 2.09. The largest absolute Gasteiger partial charge is 0.483 e. The molecule has 0 saturated carbocycles. The minimum absolute atomic E-state index is 0.136. The summed E-state index contributed by atoms with van der Waals surface area (Å²) in [5, 5.41) is 5.37. The van der Waals surface area contributed by atoms with Crippen LogP contribution in [0.1, 0.15) is 11.1 Å². The van der Waals surface area contributed by atoms with Crippen LogP contribution in [0.4, 0.5) is 16.2 Å². The zero-order valence-electron chi connectivity index (χ0n) is 17.9. The normalized spacial score (nSPS) is 10.3. The van der Waals surface area contributed by atoms with Crippen LogP contribution in [-0.2, 0) is 20.7 Å². The molecule has 0 radical (unpaired) electrons. The molecule has 32 heavy (non-hydrogen) atoms. The summed E-state index contributed by atoms with van der Waals surface area (Å²) in [7, 11) is 1.53. The van der Waals surface area contributed by atoms with Crippen molar-refractivity contribution in [2.24, 2.45) is 0 Å². The molecule has 0 aliphatic carbocycles. The molecule has 2 N–H and O–H groups in total. The molecule has 3 aromatic carbocycles. The maximum Gasteiger partial charge on any atom is 0.411 e. The van der Waals surface area contributed by atoms with E-state index in [0.29, 0.717) is 30.2 Å². The van der Waals surface area contributed by atoms with Crippen LogP contribution in [0, 0.1) is 0 Å². The van der Waals surface area contributed by atoms with Crippen LogP contribution >= 0.6 is 0 Å². The van der Waals surface area contributed by atoms with Gasteiger partial charge < -0.3 is 19.5 Å². The Morgan fingerprint density at radius 3 is 2.31 bits per heavy atom. The molecule has 3 aromatic rings. The lowest BCUT2D eigenvalue weighted by molar-refractivity contribution is -0.118. The van der Waals surface area contributed by atoms with E-state index < -0.39 is 6.09 Å². The van der Waals surface area contributed by atoms with Gasteiger partial charge in [-0.15, -0.1) is 0 Å². The summed E-state index contributed by atoms with van der Waals surface area (Å²) in [6.45, 7) is 0.336. The van der Waals surface area contributed by atoms with E-state index in [1.165, 1.54) is 7.11 Å². The first-order valence-corrected chi connectivity index (χ1v) is 10.2. The molecule has 166 valence electrons. The Balaban J connectivity index is 1.53. The maximum absolute atomic E-state index is 12.4. The highest BCUT2D eigenvalue weighted by Crippen LogP contribution is 2.22. The molecule has 0 aliphatic heterocycles. The highest BCUT2D eigenvalue weighted by molar-refractivity contribution is 5.93. The van der Waals surface area contributed by atoms with Gasteiger partial charge in [-0.3, -0.25) is 10.1 Å². The zero-order valence-corrected chi connectivity index (χ0v) is 17.9. The van der Waals surface area contributed by atoms with Crippen molar-refractivity contribution in [1.29, 1.82) is 0 Å². The van der Waals surface area contributed by atoms with E-state index in [-0.39, 0.29) is 19.1 Å². The number of carbonyl (C=O) groups is 2. The Bertz CT molecular complexity index is 1020. The first kappa shape index (κ1) is 22.8. The third kappa shape index (κ3) is 7.45. The van der Waals surface area contributed by atoms with Crippen LogP contribution in [0.2, 0.25) is 0 Å². The van der Waals surface area contributed by atoms with Gasteiger partial charge in [-0.1, -0.05) is 54.6 Å². The summed E-state index contributed by atoms with van der Waals surface area (Å²) in [6.07, 6.45) is 0.121. The number of rotatable bonds is 10. The first-order valence-electron chi connectivity index (χ1n) is 10.2. The van der Waals surface area contributed by atoms with Gasteiger partial charge in [0.05, 0.1) is 6.61 Å². The van der Waals surface area contributed by atoms with Crippen molar-refractivity contribution in [3.05, 3.63) is 90.0 Å². The Kier molecular flexibility index (Phi) is 8.65. The second-order valence-corrected chi connectivity index (χ2v) is 6.94. The van der Waals surface area contributed by atoms with Crippen LogP contribution < -0.4 is 15.4 Å². The quantitative estimate of drug-likeness (QED) is 0.459. The molecule has 0 aromatic heterocycles. The van der Waals surface area contributed by atoms with Crippen LogP contribution in [0.3, 0.4) is 0 Å². The number of hydrogen-bond donors (Lipinski definition) is 2. The van der Waals surface area contributed by atoms with Gasteiger partial charge in [-0.25, -0.2) is 4.79 Å². The SMILES string of the molecule is COCCOC(=O)Nc1cccc(NC(=O)COc2ccccc2Cc2ccccc2)c1. The summed E-state index contributed by atoms with van der Waals surface area (Å²) in [6, 6.07) is 24.5. The van der Waals surface area contributed by atoms with E-state index in [4.69, 9.17) is 14.2 Å². The van der Waals surface area contributed by atoms with Crippen molar-refractivity contribution >= 4 is 23.4 Å². The maximum atomic E-state index is 12.4. The predicted molar refractivity (Wildman–Crippen MR) is 123 cm³/mol. The number of carbonyl (C=O) groups excluding carboxylic acids is 2. The van der Waals surface area contributed by atoms with E-state index in [1.54, 1.807) is 24.3 Å². The molecule has 0 bridgehead atoms. The van der Waals surface area contributed by atoms with E-state index >= 15 is 0 Å². The van der Waals surface area contributed by atoms with Crippen molar-refractivity contribution < 1.29 is 23.8 Å². The van der Waals surface area contributed by atoms with E-state index in [2.05, 4.69) is 22.8 Å². The molecule has 0 aliphatic rings. The van der Waals surface area contributed by atoms with E-state index in [0.717, 1.165) is 11.1 Å². The summed E-state index contributed by atoms with van der Waals surface area (Å²) >= 11 is 0. The highest BCUT2D eigenvalue weighted by atomic mass is 16.6. The smallest absolute Gasteiger partial charge is 0.411 e. The molecule has 2 amide bonds. The minimum Gasteiger partial charge on any atom is -0.483 e. The molecule has 0 atom stereocenters. The van der Waals surface area contributed by atoms with E-state index in [9.17, 15) is 9.59 Å². The number of anilines is 2. The monoisotopic (exact) mass is 434 g/mol. The van der Waals surface area contributed by atoms with Gasteiger partial charge in [0.2, 0.25) is 0 Å². The number of para-hydroxylation sites is 1. The van der Waals surface area contributed by atoms with E-state index in [1.807, 2.05) is 42.5 Å². The van der Waals surface area contributed by atoms with Gasteiger partial charge in [0.25, 0.3) is 5.91 Å². The standard InChI is InChI=1S/C25H26N2O5/c1-30-14-15-31-25(29)27-22-12-7-11-21(17-22)26-24(28)18-32-23-13-6-5-10-20(23)16-19-8-3-2-4-9-19/h2-13,17H,14-16,18H2,1H3,(H,26,28)(H,27,29). The van der Waals surface area contributed by atoms with Crippen molar-refractivity contribution in [1.82, 2.24) is 0 Å². The lowest BCUT2D eigenvalue weighted by Crippen LogP contribution is -2.21. The number of methoxy groups -OCH3 is 1. The fraction of sp³-hybridized carbons (Fsp3) is 0.200. The lowest BCUT2D eigenvalue weighted by Gasteiger charge is -2.12. The third-order valence-corrected chi connectivity index (χ3v) is 4.48. The Hall–Kier alpha value is -3.84. The van der Waals surface area contributed by atoms with Crippen LogP contribution in [0.25, 0.3) is 0 Å². The number of hydrogen-bond acceptors (Lipinski definition) is 5. The fourth-order valence-electron chi connectivity index (χ4n) is 2.99. The topological polar surface area (TPSA) is 85.9 Å². The third-order valence-electron chi connectivity index (χ3n) is 4.48. The molecular weight excluding hydrogens is 408 g/mol. The zero-order chi connectivity index (χ0) is 22.6. The van der Waals surface area contributed by atoms with Crippen molar-refractivity contribution in [3.8, 4) is 5.75 Å². The lowest BCUT2D eigenvalue weighted by atomic mass is 10.0. The molecular formula is C25H26N2O5. The summed E-state index contributed by atoms with van der Waals surface area (Å²) in [4.78, 5) is 24.1. The van der Waals surface area contributed by atoms with Crippen molar-refractivity contribution in [2.45, 2.75) is 6.42 Å². The van der Waals surface area contributed by atoms with Gasteiger partial charge in [0.1, 0.15) is 12.4 Å². The molecule has 0 fully saturated rings. The Morgan fingerprint density at radius 2 is 1.53 bits per heavy atom. The predicted octanol–water partition coefficient (Wildman–Crippen LogP) is 4.49. The number of amides is 2. The summed E-state index contributed by atoms with van der Waals surface area (Å²) in [5.41, 5.74) is 3.20. The van der Waals surface area contributed by atoms with Gasteiger partial charge in [-0.2, -0.15) is 0 Å². The second-order valence-electron chi connectivity index (χ2n) is 6.94. The first-order chi connectivity index (χ1) is 15.6. The summed E-state index contributed by atoms with van der Waals surface area (Å²) in [5.74, 6) is 0.361. The van der Waals surface area contributed by atoms with Gasteiger partial charge in [-0.05, 0) is 35.4 Å². The van der Waals surface area contributed by atoms with Crippen molar-refractivity contribution in [3.63, 3.8) is 0 Å². The van der Waals surface area contributed by atoms with Gasteiger partial charge in [0, 0.05) is 24.9 Å². The van der Waals surface area contributed by atoms with Gasteiger partial charge in [0.15, 0.2) is 6.61 Å². The Morgan fingerprint density at radius 1 is 0.812 bits per heavy atom. The molecule has 7 nitrogen and oxygen atoms in total. The Labute approximate surface area is 187 Å². The van der Waals surface area contributed by atoms with Crippen LogP contribution in [0.5, 0.6) is 5.75 Å². The average Bonchev–Trinajstić information content (AvgIpc) is 2.79. The summed E-state index contributed by atoms with van der Waals surface area (Å²) < 4.78 is 15.6. The molecule has 0 unspecified atom stereocenters.